The fourth-order valence-electron chi connectivity index (χ4n) is 3.61. The molecule has 0 amide bonds. The highest BCUT2D eigenvalue weighted by Crippen LogP contribution is 2.31. The topological polar surface area (TPSA) is 33.5 Å². The Labute approximate surface area is 169 Å². The Balaban J connectivity index is 1.66. The summed E-state index contributed by atoms with van der Waals surface area (Å²) in [7, 11) is 1.98. The number of nitrogens with zero attached hydrogens (tertiary/aromatic N) is 1. The van der Waals surface area contributed by atoms with Gasteiger partial charge in [0.2, 0.25) is 0 Å². The van der Waals surface area contributed by atoms with E-state index in [0.717, 1.165) is 46.3 Å². The van der Waals surface area contributed by atoms with E-state index in [1.807, 2.05) is 62.5 Å². The van der Waals surface area contributed by atoms with Crippen LogP contribution in [-0.2, 0) is 6.42 Å². The van der Waals surface area contributed by atoms with Crippen molar-refractivity contribution >= 4 is 16.7 Å². The van der Waals surface area contributed by atoms with Crippen LogP contribution in [0.25, 0.3) is 22.1 Å². The summed E-state index contributed by atoms with van der Waals surface area (Å²) in [4.78, 5) is 14.3. The summed E-state index contributed by atoms with van der Waals surface area (Å²) >= 11 is 0. The van der Waals surface area contributed by atoms with E-state index < -0.39 is 0 Å². The van der Waals surface area contributed by atoms with E-state index in [0.29, 0.717) is 5.58 Å². The van der Waals surface area contributed by atoms with Gasteiger partial charge in [-0.3, -0.25) is 0 Å². The number of hydrogen-bond acceptors (Lipinski definition) is 3. The van der Waals surface area contributed by atoms with Crippen LogP contribution in [0.2, 0.25) is 0 Å². The minimum atomic E-state index is -0.365. The standard InChI is InChI=1S/C25H22FNO2/c1-17-6-3-4-9-21(17)23-16-25(28)29-24-15-20(10-11-22(23)24)27(2)13-12-18-7-5-8-19(26)14-18/h3-11,14-16H,12-13H2,1-2H3. The van der Waals surface area contributed by atoms with Gasteiger partial charge in [-0.05, 0) is 54.3 Å². The molecule has 4 rings (SSSR count). The Kier molecular flexibility index (Phi) is 5.17. The van der Waals surface area contributed by atoms with Gasteiger partial charge < -0.3 is 9.32 Å². The number of benzene rings is 3. The molecule has 3 aromatic carbocycles. The van der Waals surface area contributed by atoms with Crippen LogP contribution in [0.3, 0.4) is 0 Å². The predicted octanol–water partition coefficient (Wildman–Crippen LogP) is 5.59. The predicted molar refractivity (Wildman–Crippen MR) is 116 cm³/mol. The summed E-state index contributed by atoms with van der Waals surface area (Å²) in [6.07, 6.45) is 0.722. The lowest BCUT2D eigenvalue weighted by Gasteiger charge is -2.20. The molecule has 1 heterocycles. The highest BCUT2D eigenvalue weighted by molar-refractivity contribution is 5.95. The van der Waals surface area contributed by atoms with Crippen LogP contribution < -0.4 is 10.5 Å². The van der Waals surface area contributed by atoms with Crippen molar-refractivity contribution in [1.82, 2.24) is 0 Å². The average Bonchev–Trinajstić information content (AvgIpc) is 2.71. The minimum absolute atomic E-state index is 0.221. The van der Waals surface area contributed by atoms with Crippen LogP contribution in [0.1, 0.15) is 11.1 Å². The summed E-state index contributed by atoms with van der Waals surface area (Å²) in [5, 5.41) is 0.904. The first-order valence-electron chi connectivity index (χ1n) is 9.61. The van der Waals surface area contributed by atoms with E-state index in [9.17, 15) is 9.18 Å². The Bertz CT molecular complexity index is 1230. The van der Waals surface area contributed by atoms with E-state index in [-0.39, 0.29) is 11.4 Å². The molecule has 0 saturated carbocycles. The van der Waals surface area contributed by atoms with Gasteiger partial charge >= 0.3 is 5.63 Å². The zero-order valence-electron chi connectivity index (χ0n) is 16.5. The van der Waals surface area contributed by atoms with Crippen molar-refractivity contribution < 1.29 is 8.81 Å². The second-order valence-electron chi connectivity index (χ2n) is 7.28. The largest absolute Gasteiger partial charge is 0.423 e. The number of aryl methyl sites for hydroxylation is 1. The van der Waals surface area contributed by atoms with Gasteiger partial charge in [0, 0.05) is 42.4 Å². The molecule has 3 nitrogen and oxygen atoms in total. The van der Waals surface area contributed by atoms with Gasteiger partial charge in [0.1, 0.15) is 11.4 Å². The Morgan fingerprint density at radius 2 is 1.76 bits per heavy atom. The molecule has 0 bridgehead atoms. The van der Waals surface area contributed by atoms with Gasteiger partial charge in [-0.25, -0.2) is 9.18 Å². The Hall–Kier alpha value is -3.40. The number of anilines is 1. The summed E-state index contributed by atoms with van der Waals surface area (Å²) in [6.45, 7) is 2.75. The van der Waals surface area contributed by atoms with Gasteiger partial charge in [0.15, 0.2) is 0 Å². The maximum atomic E-state index is 13.4. The van der Waals surface area contributed by atoms with E-state index in [4.69, 9.17) is 4.42 Å². The molecule has 29 heavy (non-hydrogen) atoms. The van der Waals surface area contributed by atoms with Crippen molar-refractivity contribution in [3.05, 3.63) is 100 Å². The molecule has 1 aromatic heterocycles. The van der Waals surface area contributed by atoms with Crippen LogP contribution >= 0.6 is 0 Å². The van der Waals surface area contributed by atoms with Crippen molar-refractivity contribution in [3.63, 3.8) is 0 Å². The number of fused-ring (bicyclic) bond motifs is 1. The Morgan fingerprint density at radius 3 is 2.55 bits per heavy atom. The first-order valence-corrected chi connectivity index (χ1v) is 9.61. The molecule has 146 valence electrons. The normalized spacial score (nSPS) is 11.0. The van der Waals surface area contributed by atoms with Crippen LogP contribution in [-0.4, -0.2) is 13.6 Å². The summed E-state index contributed by atoms with van der Waals surface area (Å²) in [5.74, 6) is -0.221. The maximum Gasteiger partial charge on any atom is 0.336 e. The van der Waals surface area contributed by atoms with E-state index >= 15 is 0 Å². The van der Waals surface area contributed by atoms with E-state index in [2.05, 4.69) is 4.90 Å². The molecular weight excluding hydrogens is 365 g/mol. The van der Waals surface area contributed by atoms with Crippen molar-refractivity contribution in [1.29, 1.82) is 0 Å². The Morgan fingerprint density at radius 1 is 0.931 bits per heavy atom. The van der Waals surface area contributed by atoms with Gasteiger partial charge in [-0.1, -0.05) is 36.4 Å². The first-order chi connectivity index (χ1) is 14.0. The zero-order valence-corrected chi connectivity index (χ0v) is 16.5. The molecule has 0 N–H and O–H groups in total. The molecule has 0 spiro atoms. The number of likely N-dealkylation sites (N-methyl/N-ethyl adjacent to an activating group) is 1. The van der Waals surface area contributed by atoms with Crippen molar-refractivity contribution in [2.45, 2.75) is 13.3 Å². The van der Waals surface area contributed by atoms with Gasteiger partial charge in [-0.15, -0.1) is 0 Å². The van der Waals surface area contributed by atoms with E-state index in [1.165, 1.54) is 6.07 Å². The molecule has 0 aliphatic heterocycles. The van der Waals surface area contributed by atoms with Crippen LogP contribution in [0.4, 0.5) is 10.1 Å². The van der Waals surface area contributed by atoms with Crippen LogP contribution in [0.15, 0.2) is 82.0 Å². The average molecular weight is 387 g/mol. The third kappa shape index (κ3) is 4.06. The second-order valence-corrected chi connectivity index (χ2v) is 7.28. The van der Waals surface area contributed by atoms with Gasteiger partial charge in [0.25, 0.3) is 0 Å². The quantitative estimate of drug-likeness (QED) is 0.419. The monoisotopic (exact) mass is 387 g/mol. The SMILES string of the molecule is Cc1ccccc1-c1cc(=O)oc2cc(N(C)CCc3cccc(F)c3)ccc12. The molecule has 0 atom stereocenters. The van der Waals surface area contributed by atoms with Crippen LogP contribution in [0, 0.1) is 12.7 Å². The van der Waals surface area contributed by atoms with Gasteiger partial charge in [0.05, 0.1) is 0 Å². The number of hydrogen-bond donors (Lipinski definition) is 0. The molecule has 0 unspecified atom stereocenters. The highest BCUT2D eigenvalue weighted by atomic mass is 19.1. The summed E-state index contributed by atoms with van der Waals surface area (Å²) in [5.41, 5.74) is 5.10. The third-order valence-corrected chi connectivity index (χ3v) is 5.23. The molecule has 0 aliphatic rings. The molecule has 4 aromatic rings. The first kappa shape index (κ1) is 18.9. The third-order valence-electron chi connectivity index (χ3n) is 5.23. The molecule has 0 fully saturated rings. The molecule has 0 aliphatic carbocycles. The summed E-state index contributed by atoms with van der Waals surface area (Å²) in [6, 6.07) is 22.1. The second kappa shape index (κ2) is 7.92. The minimum Gasteiger partial charge on any atom is -0.423 e. The lowest BCUT2D eigenvalue weighted by molar-refractivity contribution is 0.561. The van der Waals surface area contributed by atoms with Crippen LogP contribution in [0.5, 0.6) is 0 Å². The van der Waals surface area contributed by atoms with Crippen molar-refractivity contribution in [3.8, 4) is 11.1 Å². The zero-order chi connectivity index (χ0) is 20.4. The molecule has 0 saturated heterocycles. The molecule has 4 heteroatoms. The number of halogens is 1. The lowest BCUT2D eigenvalue weighted by atomic mass is 9.98. The fraction of sp³-hybridized carbons (Fsp3) is 0.160. The highest BCUT2D eigenvalue weighted by Gasteiger charge is 2.12. The van der Waals surface area contributed by atoms with Crippen molar-refractivity contribution in [2.75, 3.05) is 18.5 Å². The molecule has 0 radical (unpaired) electrons. The lowest BCUT2D eigenvalue weighted by Crippen LogP contribution is -2.20. The smallest absolute Gasteiger partial charge is 0.336 e. The summed E-state index contributed by atoms with van der Waals surface area (Å²) < 4.78 is 18.9. The van der Waals surface area contributed by atoms with E-state index in [1.54, 1.807) is 18.2 Å². The molecular formula is C25H22FNO2. The van der Waals surface area contributed by atoms with Crippen molar-refractivity contribution in [2.24, 2.45) is 0 Å². The fourth-order valence-corrected chi connectivity index (χ4v) is 3.61. The number of rotatable bonds is 5. The van der Waals surface area contributed by atoms with Gasteiger partial charge in [-0.2, -0.15) is 0 Å². The maximum absolute atomic E-state index is 13.4.